The number of thiazole rings is 1. The van der Waals surface area contributed by atoms with Crippen molar-refractivity contribution < 1.29 is 4.79 Å². The van der Waals surface area contributed by atoms with E-state index in [1.165, 1.54) is 34.8 Å². The molecule has 1 aliphatic carbocycles. The first kappa shape index (κ1) is 21.1. The van der Waals surface area contributed by atoms with E-state index in [9.17, 15) is 4.79 Å². The van der Waals surface area contributed by atoms with Gasteiger partial charge in [0.25, 0.3) is 0 Å². The van der Waals surface area contributed by atoms with Crippen LogP contribution in [-0.4, -0.2) is 32.0 Å². The number of benzene rings is 1. The highest BCUT2D eigenvalue weighted by atomic mass is 32.1. The van der Waals surface area contributed by atoms with Crippen molar-refractivity contribution in [1.82, 2.24) is 24.9 Å². The van der Waals surface area contributed by atoms with Gasteiger partial charge in [0.05, 0.1) is 16.2 Å². The van der Waals surface area contributed by atoms with Gasteiger partial charge in [-0.1, -0.05) is 12.1 Å². The zero-order valence-corrected chi connectivity index (χ0v) is 19.6. The lowest BCUT2D eigenvalue weighted by molar-refractivity contribution is -0.121. The molecule has 166 valence electrons. The van der Waals surface area contributed by atoms with Crippen molar-refractivity contribution in [2.24, 2.45) is 0 Å². The average molecular weight is 448 g/mol. The molecule has 0 fully saturated rings. The number of aromatic nitrogens is 4. The predicted molar refractivity (Wildman–Crippen MR) is 128 cm³/mol. The van der Waals surface area contributed by atoms with Gasteiger partial charge in [0.15, 0.2) is 5.65 Å². The van der Waals surface area contributed by atoms with Crippen LogP contribution >= 0.6 is 11.3 Å². The largest absolute Gasteiger partial charge is 0.356 e. The van der Waals surface area contributed by atoms with Gasteiger partial charge in [-0.2, -0.15) is 5.10 Å². The van der Waals surface area contributed by atoms with Crippen LogP contribution in [0.15, 0.2) is 24.3 Å². The number of rotatable bonds is 7. The second kappa shape index (κ2) is 8.98. The molecule has 3 heterocycles. The monoisotopic (exact) mass is 447 g/mol. The van der Waals surface area contributed by atoms with E-state index in [2.05, 4.69) is 18.3 Å². The number of fused-ring (bicyclic) bond motifs is 4. The smallest absolute Gasteiger partial charge is 0.220 e. The number of nitrogens with one attached hydrogen (secondary N) is 1. The third-order valence-corrected chi connectivity index (χ3v) is 7.62. The van der Waals surface area contributed by atoms with Crippen LogP contribution < -0.4 is 5.32 Å². The Bertz CT molecular complexity index is 1270. The molecule has 1 aliphatic rings. The summed E-state index contributed by atoms with van der Waals surface area (Å²) in [5.74, 6) is 0.0907. The molecule has 4 aromatic rings. The van der Waals surface area contributed by atoms with Crippen molar-refractivity contribution in [3.8, 4) is 0 Å². The fourth-order valence-corrected chi connectivity index (χ4v) is 5.84. The van der Waals surface area contributed by atoms with Gasteiger partial charge in [0.2, 0.25) is 5.91 Å². The first-order chi connectivity index (χ1) is 15.6. The normalized spacial score (nSPS) is 13.6. The molecular weight excluding hydrogens is 418 g/mol. The molecular formula is C25H29N5OS. The van der Waals surface area contributed by atoms with Crippen molar-refractivity contribution >= 4 is 33.8 Å². The van der Waals surface area contributed by atoms with Crippen molar-refractivity contribution in [1.29, 1.82) is 0 Å². The highest BCUT2D eigenvalue weighted by Crippen LogP contribution is 2.27. The summed E-state index contributed by atoms with van der Waals surface area (Å²) >= 11 is 1.87. The maximum absolute atomic E-state index is 12.4. The van der Waals surface area contributed by atoms with Crippen LogP contribution in [0.3, 0.4) is 0 Å². The van der Waals surface area contributed by atoms with Crippen LogP contribution in [0, 0.1) is 13.8 Å². The Hall–Kier alpha value is -2.80. The number of aryl methyl sites for hydroxylation is 5. The Morgan fingerprint density at radius 1 is 1.12 bits per heavy atom. The fourth-order valence-electron chi connectivity index (χ4n) is 4.65. The van der Waals surface area contributed by atoms with Crippen LogP contribution in [-0.2, 0) is 30.5 Å². The molecule has 0 bridgehead atoms. The molecule has 3 aromatic heterocycles. The van der Waals surface area contributed by atoms with E-state index in [0.29, 0.717) is 19.4 Å². The molecule has 32 heavy (non-hydrogen) atoms. The number of carbonyl (C=O) groups excluding carboxylic acids is 1. The quantitative estimate of drug-likeness (QED) is 0.423. The van der Waals surface area contributed by atoms with E-state index in [1.807, 2.05) is 41.0 Å². The molecule has 1 aromatic carbocycles. The van der Waals surface area contributed by atoms with Gasteiger partial charge in [0, 0.05) is 41.0 Å². The van der Waals surface area contributed by atoms with Gasteiger partial charge in [-0.05, 0) is 70.1 Å². The molecule has 0 saturated carbocycles. The third-order valence-electron chi connectivity index (χ3n) is 6.40. The molecule has 0 atom stereocenters. The maximum Gasteiger partial charge on any atom is 0.220 e. The second-order valence-electron chi connectivity index (χ2n) is 8.65. The van der Waals surface area contributed by atoms with Gasteiger partial charge in [-0.15, -0.1) is 11.3 Å². The van der Waals surface area contributed by atoms with Crippen molar-refractivity contribution in [2.75, 3.05) is 6.54 Å². The zero-order valence-electron chi connectivity index (χ0n) is 18.8. The number of hydrogen-bond donors (Lipinski definition) is 1. The van der Waals surface area contributed by atoms with E-state index in [0.717, 1.165) is 52.8 Å². The van der Waals surface area contributed by atoms with Crippen molar-refractivity contribution in [3.63, 3.8) is 0 Å². The minimum absolute atomic E-state index is 0.0907. The number of nitrogens with zero attached hydrogens (tertiary/aromatic N) is 4. The Morgan fingerprint density at radius 3 is 2.84 bits per heavy atom. The second-order valence-corrected chi connectivity index (χ2v) is 9.82. The van der Waals surface area contributed by atoms with Crippen molar-refractivity contribution in [2.45, 2.75) is 65.2 Å². The van der Waals surface area contributed by atoms with Gasteiger partial charge < -0.3 is 5.32 Å². The van der Waals surface area contributed by atoms with Gasteiger partial charge >= 0.3 is 0 Å². The average Bonchev–Trinajstić information content (AvgIpc) is 3.38. The van der Waals surface area contributed by atoms with Gasteiger partial charge in [0.1, 0.15) is 0 Å². The molecule has 1 N–H and O–H groups in total. The zero-order chi connectivity index (χ0) is 22.1. The van der Waals surface area contributed by atoms with E-state index < -0.39 is 0 Å². The SMILES string of the molecule is Cc1nc2c3ccccc3nn2c(C)c1CCC(=O)NCCCc1nc2c(s1)CCCC2. The molecule has 0 spiro atoms. The molecule has 0 saturated heterocycles. The maximum atomic E-state index is 12.4. The summed E-state index contributed by atoms with van der Waals surface area (Å²) in [4.78, 5) is 23.5. The number of amides is 1. The lowest BCUT2D eigenvalue weighted by Crippen LogP contribution is -2.25. The molecule has 5 rings (SSSR count). The predicted octanol–water partition coefficient (Wildman–Crippen LogP) is 4.52. The van der Waals surface area contributed by atoms with Crippen LogP contribution in [0.25, 0.3) is 16.6 Å². The summed E-state index contributed by atoms with van der Waals surface area (Å²) in [6.45, 7) is 4.78. The molecule has 1 amide bonds. The lowest BCUT2D eigenvalue weighted by Gasteiger charge is -2.11. The number of carbonyl (C=O) groups is 1. The van der Waals surface area contributed by atoms with Crippen molar-refractivity contribution in [3.05, 3.63) is 56.8 Å². The van der Waals surface area contributed by atoms with E-state index >= 15 is 0 Å². The number of hydrogen-bond acceptors (Lipinski definition) is 5. The summed E-state index contributed by atoms with van der Waals surface area (Å²) in [6.07, 6.45) is 7.90. The first-order valence-electron chi connectivity index (χ1n) is 11.6. The Kier molecular flexibility index (Phi) is 5.91. The molecule has 7 heteroatoms. The molecule has 0 unspecified atom stereocenters. The standard InChI is InChI=1S/C25H29N5OS/c1-16-18(17(2)30-25(27-16)19-8-3-4-9-20(19)29-30)13-14-23(31)26-15-7-12-24-28-21-10-5-6-11-22(21)32-24/h3-4,8-9H,5-7,10-15H2,1-2H3,(H,26,31). The fraction of sp³-hybridized carbons (Fsp3) is 0.440. The highest BCUT2D eigenvalue weighted by molar-refractivity contribution is 7.11. The Morgan fingerprint density at radius 2 is 1.97 bits per heavy atom. The van der Waals surface area contributed by atoms with Crippen LogP contribution in [0.4, 0.5) is 0 Å². The molecule has 0 aliphatic heterocycles. The summed E-state index contributed by atoms with van der Waals surface area (Å²) in [5.41, 5.74) is 6.28. The van der Waals surface area contributed by atoms with E-state index in [-0.39, 0.29) is 5.91 Å². The summed E-state index contributed by atoms with van der Waals surface area (Å²) < 4.78 is 1.92. The lowest BCUT2D eigenvalue weighted by atomic mass is 10.0. The van der Waals surface area contributed by atoms with Crippen LogP contribution in [0.5, 0.6) is 0 Å². The van der Waals surface area contributed by atoms with Gasteiger partial charge in [-0.25, -0.2) is 14.5 Å². The van der Waals surface area contributed by atoms with E-state index in [1.54, 1.807) is 0 Å². The first-order valence-corrected chi connectivity index (χ1v) is 12.4. The van der Waals surface area contributed by atoms with Gasteiger partial charge in [-0.3, -0.25) is 4.79 Å². The summed E-state index contributed by atoms with van der Waals surface area (Å²) in [6, 6.07) is 8.06. The minimum atomic E-state index is 0.0907. The summed E-state index contributed by atoms with van der Waals surface area (Å²) in [5, 5.41) is 10.1. The Balaban J connectivity index is 1.16. The summed E-state index contributed by atoms with van der Waals surface area (Å²) in [7, 11) is 0. The third kappa shape index (κ3) is 4.13. The van der Waals surface area contributed by atoms with Crippen LogP contribution in [0.1, 0.15) is 58.2 Å². The van der Waals surface area contributed by atoms with Crippen LogP contribution in [0.2, 0.25) is 0 Å². The van der Waals surface area contributed by atoms with E-state index in [4.69, 9.17) is 15.1 Å². The Labute approximate surface area is 192 Å². The topological polar surface area (TPSA) is 72.2 Å². The molecule has 6 nitrogen and oxygen atoms in total. The molecule has 0 radical (unpaired) electrons. The minimum Gasteiger partial charge on any atom is -0.356 e. The highest BCUT2D eigenvalue weighted by Gasteiger charge is 2.16.